The Morgan fingerprint density at radius 2 is 1.68 bits per heavy atom. The second-order valence-electron chi connectivity index (χ2n) is 6.03. The summed E-state index contributed by atoms with van der Waals surface area (Å²) >= 11 is 0. The molecule has 0 unspecified atom stereocenters. The molecular formula is C19H25NO5. The maximum absolute atomic E-state index is 12.2. The number of esters is 2. The molecule has 1 fully saturated rings. The van der Waals surface area contributed by atoms with Crippen LogP contribution >= 0.6 is 0 Å². The Labute approximate surface area is 148 Å². The Hall–Kier alpha value is -2.37. The van der Waals surface area contributed by atoms with E-state index in [0.29, 0.717) is 38.1 Å². The summed E-state index contributed by atoms with van der Waals surface area (Å²) in [6.07, 6.45) is 2.06. The van der Waals surface area contributed by atoms with Crippen molar-refractivity contribution < 1.29 is 23.9 Å². The molecule has 0 aliphatic carbocycles. The van der Waals surface area contributed by atoms with Crippen LogP contribution < -0.4 is 0 Å². The van der Waals surface area contributed by atoms with Gasteiger partial charge in [-0.3, -0.25) is 9.59 Å². The average Bonchev–Trinajstić information content (AvgIpc) is 2.66. The Bertz CT molecular complexity index is 603. The molecular weight excluding hydrogens is 322 g/mol. The van der Waals surface area contributed by atoms with E-state index in [2.05, 4.69) is 0 Å². The highest BCUT2D eigenvalue weighted by atomic mass is 16.5. The molecule has 0 radical (unpaired) electrons. The molecule has 1 aliphatic rings. The summed E-state index contributed by atoms with van der Waals surface area (Å²) in [5.41, 5.74) is 1.57. The zero-order valence-corrected chi connectivity index (χ0v) is 14.8. The quantitative estimate of drug-likeness (QED) is 0.738. The number of hydrogen-bond donors (Lipinski definition) is 0. The van der Waals surface area contributed by atoms with Crippen molar-refractivity contribution in [1.82, 2.24) is 4.90 Å². The van der Waals surface area contributed by atoms with Crippen LogP contribution in [0, 0.1) is 5.92 Å². The van der Waals surface area contributed by atoms with Crippen LogP contribution in [0.3, 0.4) is 0 Å². The van der Waals surface area contributed by atoms with Crippen molar-refractivity contribution >= 4 is 17.8 Å². The van der Waals surface area contributed by atoms with Gasteiger partial charge in [-0.25, -0.2) is 4.79 Å². The summed E-state index contributed by atoms with van der Waals surface area (Å²) in [5, 5.41) is 0. The average molecular weight is 347 g/mol. The van der Waals surface area contributed by atoms with Crippen molar-refractivity contribution in [3.8, 4) is 0 Å². The van der Waals surface area contributed by atoms with E-state index in [0.717, 1.165) is 12.0 Å². The summed E-state index contributed by atoms with van der Waals surface area (Å²) < 4.78 is 10.1. The van der Waals surface area contributed by atoms with Gasteiger partial charge in [-0.15, -0.1) is 0 Å². The van der Waals surface area contributed by atoms with Crippen LogP contribution in [0.5, 0.6) is 0 Å². The van der Waals surface area contributed by atoms with E-state index in [1.54, 1.807) is 24.0 Å². The minimum atomic E-state index is -0.502. The monoisotopic (exact) mass is 347 g/mol. The molecule has 0 atom stereocenters. The number of carbonyl (C=O) groups is 3. The number of ether oxygens (including phenoxy) is 2. The van der Waals surface area contributed by atoms with Gasteiger partial charge >= 0.3 is 11.9 Å². The lowest BCUT2D eigenvalue weighted by molar-refractivity contribution is -0.151. The number of carbonyl (C=O) groups excluding carboxylic acids is 3. The highest BCUT2D eigenvalue weighted by Gasteiger charge is 2.28. The number of aryl methyl sites for hydroxylation is 1. The van der Waals surface area contributed by atoms with Gasteiger partial charge in [0.2, 0.25) is 0 Å². The molecule has 6 heteroatoms. The number of piperidine rings is 1. The maximum atomic E-state index is 12.2. The molecule has 1 aromatic carbocycles. The smallest absolute Gasteiger partial charge is 0.338 e. The van der Waals surface area contributed by atoms with Crippen molar-refractivity contribution in [2.75, 3.05) is 26.3 Å². The van der Waals surface area contributed by atoms with E-state index in [-0.39, 0.29) is 24.4 Å². The lowest BCUT2D eigenvalue weighted by Gasteiger charge is -2.30. The number of benzene rings is 1. The molecule has 1 amide bonds. The first-order valence-electron chi connectivity index (χ1n) is 8.75. The van der Waals surface area contributed by atoms with Crippen LogP contribution in [0.15, 0.2) is 24.3 Å². The van der Waals surface area contributed by atoms with Crippen LogP contribution in [0.4, 0.5) is 0 Å². The summed E-state index contributed by atoms with van der Waals surface area (Å²) in [7, 11) is 0. The lowest BCUT2D eigenvalue weighted by atomic mass is 9.97. The second kappa shape index (κ2) is 9.20. The molecule has 1 aromatic rings. The van der Waals surface area contributed by atoms with Crippen molar-refractivity contribution in [2.24, 2.45) is 5.92 Å². The van der Waals surface area contributed by atoms with E-state index in [9.17, 15) is 14.4 Å². The fourth-order valence-corrected chi connectivity index (χ4v) is 2.80. The molecule has 6 nitrogen and oxygen atoms in total. The minimum Gasteiger partial charge on any atom is -0.466 e. The fraction of sp³-hybridized carbons (Fsp3) is 0.526. The van der Waals surface area contributed by atoms with Gasteiger partial charge in [0.25, 0.3) is 5.91 Å². The van der Waals surface area contributed by atoms with Gasteiger partial charge in [-0.05, 0) is 43.9 Å². The molecule has 0 aromatic heterocycles. The molecule has 0 N–H and O–H groups in total. The van der Waals surface area contributed by atoms with Crippen molar-refractivity contribution in [2.45, 2.75) is 33.1 Å². The maximum Gasteiger partial charge on any atom is 0.338 e. The van der Waals surface area contributed by atoms with Crippen LogP contribution in [-0.2, 0) is 25.5 Å². The van der Waals surface area contributed by atoms with Gasteiger partial charge in [0.05, 0.1) is 18.1 Å². The van der Waals surface area contributed by atoms with Crippen LogP contribution in [0.1, 0.15) is 42.6 Å². The SMILES string of the molecule is CCOC(=O)C1CCN(C(=O)COC(=O)c2ccc(CC)cc2)CC1. The number of likely N-dealkylation sites (tertiary alicyclic amines) is 1. The third kappa shape index (κ3) is 5.31. The van der Waals surface area contributed by atoms with Crippen molar-refractivity contribution in [3.05, 3.63) is 35.4 Å². The van der Waals surface area contributed by atoms with Gasteiger partial charge in [0, 0.05) is 13.1 Å². The molecule has 0 saturated carbocycles. The minimum absolute atomic E-state index is 0.149. The second-order valence-corrected chi connectivity index (χ2v) is 6.03. The zero-order chi connectivity index (χ0) is 18.2. The zero-order valence-electron chi connectivity index (χ0n) is 14.8. The van der Waals surface area contributed by atoms with Crippen molar-refractivity contribution in [3.63, 3.8) is 0 Å². The van der Waals surface area contributed by atoms with Gasteiger partial charge in [0.1, 0.15) is 0 Å². The van der Waals surface area contributed by atoms with Gasteiger partial charge in [0.15, 0.2) is 6.61 Å². The molecule has 1 saturated heterocycles. The van der Waals surface area contributed by atoms with E-state index in [1.807, 2.05) is 19.1 Å². The topological polar surface area (TPSA) is 72.9 Å². The standard InChI is InChI=1S/C19H25NO5/c1-3-14-5-7-15(8-6-14)19(23)25-13-17(21)20-11-9-16(10-12-20)18(22)24-4-2/h5-8,16H,3-4,9-13H2,1-2H3. The normalized spacial score (nSPS) is 14.9. The van der Waals surface area contributed by atoms with Gasteiger partial charge in [-0.2, -0.15) is 0 Å². The van der Waals surface area contributed by atoms with E-state index < -0.39 is 5.97 Å². The van der Waals surface area contributed by atoms with Crippen molar-refractivity contribution in [1.29, 1.82) is 0 Å². The first-order valence-corrected chi connectivity index (χ1v) is 8.75. The number of rotatable bonds is 6. The molecule has 1 aliphatic heterocycles. The third-order valence-electron chi connectivity index (χ3n) is 4.39. The third-order valence-corrected chi connectivity index (χ3v) is 4.39. The van der Waals surface area contributed by atoms with Gasteiger partial charge < -0.3 is 14.4 Å². The highest BCUT2D eigenvalue weighted by molar-refractivity contribution is 5.91. The van der Waals surface area contributed by atoms with Crippen LogP contribution in [-0.4, -0.2) is 49.0 Å². The Kier molecular flexibility index (Phi) is 6.98. The Balaban J connectivity index is 1.77. The first-order chi connectivity index (χ1) is 12.0. The predicted molar refractivity (Wildman–Crippen MR) is 92.0 cm³/mol. The number of amides is 1. The summed E-state index contributed by atoms with van der Waals surface area (Å²) in [6, 6.07) is 7.16. The van der Waals surface area contributed by atoms with Gasteiger partial charge in [-0.1, -0.05) is 19.1 Å². The Morgan fingerprint density at radius 3 is 2.24 bits per heavy atom. The molecule has 0 bridgehead atoms. The Morgan fingerprint density at radius 1 is 1.04 bits per heavy atom. The molecule has 25 heavy (non-hydrogen) atoms. The molecule has 2 rings (SSSR count). The lowest BCUT2D eigenvalue weighted by Crippen LogP contribution is -2.42. The van der Waals surface area contributed by atoms with E-state index >= 15 is 0 Å². The summed E-state index contributed by atoms with van der Waals surface area (Å²) in [5.74, 6) is -1.08. The number of nitrogens with zero attached hydrogens (tertiary/aromatic N) is 1. The van der Waals surface area contributed by atoms with Crippen LogP contribution in [0.25, 0.3) is 0 Å². The molecule has 1 heterocycles. The summed E-state index contributed by atoms with van der Waals surface area (Å²) in [4.78, 5) is 37.5. The fourth-order valence-electron chi connectivity index (χ4n) is 2.80. The largest absolute Gasteiger partial charge is 0.466 e. The molecule has 136 valence electrons. The highest BCUT2D eigenvalue weighted by Crippen LogP contribution is 2.19. The van der Waals surface area contributed by atoms with E-state index in [1.165, 1.54) is 0 Å². The number of hydrogen-bond acceptors (Lipinski definition) is 5. The predicted octanol–water partition coefficient (Wildman–Crippen LogP) is 2.21. The molecule has 0 spiro atoms. The summed E-state index contributed by atoms with van der Waals surface area (Å²) in [6.45, 7) is 4.86. The van der Waals surface area contributed by atoms with E-state index in [4.69, 9.17) is 9.47 Å². The van der Waals surface area contributed by atoms with Crippen LogP contribution in [0.2, 0.25) is 0 Å². The first kappa shape index (κ1) is 19.0.